The summed E-state index contributed by atoms with van der Waals surface area (Å²) in [6.07, 6.45) is 7.23. The van der Waals surface area contributed by atoms with Crippen LogP contribution in [0.4, 0.5) is 5.69 Å². The van der Waals surface area contributed by atoms with E-state index in [1.807, 2.05) is 62.4 Å². The van der Waals surface area contributed by atoms with E-state index in [9.17, 15) is 14.4 Å². The van der Waals surface area contributed by atoms with Crippen LogP contribution in [0.1, 0.15) is 65.2 Å². The number of nitrogens with zero attached hydrogens (tertiary/aromatic N) is 1. The Kier molecular flexibility index (Phi) is 9.43. The van der Waals surface area contributed by atoms with Crippen molar-refractivity contribution in [2.45, 2.75) is 77.3 Å². The number of rotatable bonds is 9. The summed E-state index contributed by atoms with van der Waals surface area (Å²) in [6, 6.07) is 14.2. The van der Waals surface area contributed by atoms with Gasteiger partial charge >= 0.3 is 0 Å². The maximum absolute atomic E-state index is 13.9. The number of likely N-dealkylation sites (tertiary alicyclic amines) is 1. The van der Waals surface area contributed by atoms with E-state index >= 15 is 0 Å². The average molecular weight is 520 g/mol. The Morgan fingerprint density at radius 1 is 0.947 bits per heavy atom. The number of para-hydroxylation sites is 2. The van der Waals surface area contributed by atoms with E-state index in [-0.39, 0.29) is 29.6 Å². The Bertz CT molecular complexity index is 1130. The van der Waals surface area contributed by atoms with Crippen LogP contribution >= 0.6 is 0 Å². The van der Waals surface area contributed by atoms with Crippen LogP contribution in [0.2, 0.25) is 0 Å². The van der Waals surface area contributed by atoms with Crippen molar-refractivity contribution in [2.75, 3.05) is 19.0 Å². The third kappa shape index (κ3) is 6.20. The molecule has 7 heteroatoms. The highest BCUT2D eigenvalue weighted by atomic mass is 16.5. The monoisotopic (exact) mass is 519 g/mol. The molecule has 1 heterocycles. The molecule has 4 rings (SSSR count). The summed E-state index contributed by atoms with van der Waals surface area (Å²) in [4.78, 5) is 42.1. The molecule has 2 aromatic carbocycles. The molecule has 2 N–H and O–H groups in total. The first-order valence-corrected chi connectivity index (χ1v) is 14.1. The minimum atomic E-state index is -0.578. The summed E-state index contributed by atoms with van der Waals surface area (Å²) in [5.74, 6) is 0.276. The van der Waals surface area contributed by atoms with Crippen molar-refractivity contribution in [1.82, 2.24) is 10.2 Å². The fourth-order valence-corrected chi connectivity index (χ4v) is 5.72. The van der Waals surface area contributed by atoms with Crippen LogP contribution in [-0.2, 0) is 14.4 Å². The summed E-state index contributed by atoms with van der Waals surface area (Å²) in [6.45, 7) is 4.39. The Morgan fingerprint density at radius 2 is 1.63 bits per heavy atom. The molecule has 1 saturated carbocycles. The van der Waals surface area contributed by atoms with Gasteiger partial charge in [0.25, 0.3) is 0 Å². The van der Waals surface area contributed by atoms with Gasteiger partial charge in [0.05, 0.1) is 7.11 Å². The molecule has 38 heavy (non-hydrogen) atoms. The maximum Gasteiger partial charge on any atom is 0.247 e. The van der Waals surface area contributed by atoms with Gasteiger partial charge in [0.15, 0.2) is 0 Å². The lowest BCUT2D eigenvalue weighted by atomic mass is 9.83. The van der Waals surface area contributed by atoms with Crippen molar-refractivity contribution in [3.05, 3.63) is 48.5 Å². The SMILES string of the molecule is CC[C@@H](C)C(=O)N[C@H](C(=O)N1CCC[C@H]1C(=O)Nc1ccccc1-c1ccccc1OC)C1CCCCC1. The number of hydrogen-bond acceptors (Lipinski definition) is 4. The number of amides is 3. The van der Waals surface area contributed by atoms with E-state index in [4.69, 9.17) is 4.74 Å². The van der Waals surface area contributed by atoms with Gasteiger partial charge in [-0.15, -0.1) is 0 Å². The molecule has 2 aromatic rings. The van der Waals surface area contributed by atoms with Gasteiger partial charge in [-0.3, -0.25) is 14.4 Å². The average Bonchev–Trinajstić information content (AvgIpc) is 3.46. The van der Waals surface area contributed by atoms with Gasteiger partial charge in [0.2, 0.25) is 17.7 Å². The zero-order valence-corrected chi connectivity index (χ0v) is 22.9. The zero-order valence-electron chi connectivity index (χ0n) is 22.9. The van der Waals surface area contributed by atoms with Gasteiger partial charge in [-0.1, -0.05) is 69.5 Å². The number of carbonyl (C=O) groups is 3. The van der Waals surface area contributed by atoms with E-state index in [1.54, 1.807) is 12.0 Å². The lowest BCUT2D eigenvalue weighted by Gasteiger charge is -2.35. The molecule has 1 saturated heterocycles. The minimum Gasteiger partial charge on any atom is -0.496 e. The minimum absolute atomic E-state index is 0.0812. The number of carbonyl (C=O) groups excluding carboxylic acids is 3. The Hall–Kier alpha value is -3.35. The summed E-state index contributed by atoms with van der Waals surface area (Å²) < 4.78 is 5.55. The highest BCUT2D eigenvalue weighted by Crippen LogP contribution is 2.35. The molecule has 204 valence electrons. The van der Waals surface area contributed by atoms with Gasteiger partial charge in [-0.25, -0.2) is 0 Å². The lowest BCUT2D eigenvalue weighted by Crippen LogP contribution is -2.56. The Balaban J connectivity index is 1.54. The number of ether oxygens (including phenoxy) is 1. The molecule has 2 fully saturated rings. The van der Waals surface area contributed by atoms with Gasteiger partial charge < -0.3 is 20.3 Å². The first kappa shape index (κ1) is 27.7. The molecular formula is C31H41N3O4. The zero-order chi connectivity index (χ0) is 27.1. The van der Waals surface area contributed by atoms with Crippen LogP contribution in [0.15, 0.2) is 48.5 Å². The van der Waals surface area contributed by atoms with Crippen molar-refractivity contribution in [1.29, 1.82) is 0 Å². The first-order valence-electron chi connectivity index (χ1n) is 14.1. The third-order valence-electron chi connectivity index (χ3n) is 8.17. The molecule has 3 amide bonds. The summed E-state index contributed by atoms with van der Waals surface area (Å²) >= 11 is 0. The van der Waals surface area contributed by atoms with Crippen LogP contribution in [-0.4, -0.2) is 48.4 Å². The van der Waals surface area contributed by atoms with Crippen molar-refractivity contribution in [2.24, 2.45) is 11.8 Å². The molecule has 0 bridgehead atoms. The second-order valence-corrected chi connectivity index (χ2v) is 10.6. The topological polar surface area (TPSA) is 87.7 Å². The fraction of sp³-hybridized carbons (Fsp3) is 0.516. The van der Waals surface area contributed by atoms with E-state index in [0.29, 0.717) is 18.7 Å². The smallest absolute Gasteiger partial charge is 0.247 e. The lowest BCUT2D eigenvalue weighted by molar-refractivity contribution is -0.142. The number of anilines is 1. The van der Waals surface area contributed by atoms with Crippen molar-refractivity contribution in [3.8, 4) is 16.9 Å². The van der Waals surface area contributed by atoms with E-state index in [0.717, 1.165) is 61.8 Å². The van der Waals surface area contributed by atoms with Gasteiger partial charge in [-0.05, 0) is 50.2 Å². The molecule has 0 unspecified atom stereocenters. The highest BCUT2D eigenvalue weighted by Gasteiger charge is 2.41. The van der Waals surface area contributed by atoms with Crippen molar-refractivity contribution < 1.29 is 19.1 Å². The highest BCUT2D eigenvalue weighted by molar-refractivity contribution is 6.01. The van der Waals surface area contributed by atoms with Gasteiger partial charge in [0.1, 0.15) is 17.8 Å². The van der Waals surface area contributed by atoms with Crippen LogP contribution in [0.25, 0.3) is 11.1 Å². The predicted molar refractivity (Wildman–Crippen MR) is 150 cm³/mol. The quantitative estimate of drug-likeness (QED) is 0.464. The largest absolute Gasteiger partial charge is 0.496 e. The van der Waals surface area contributed by atoms with Crippen LogP contribution in [0.5, 0.6) is 5.75 Å². The summed E-state index contributed by atoms with van der Waals surface area (Å²) in [5, 5.41) is 6.19. The molecular weight excluding hydrogens is 478 g/mol. The molecule has 2 aliphatic rings. The second kappa shape index (κ2) is 12.9. The van der Waals surface area contributed by atoms with Crippen LogP contribution in [0.3, 0.4) is 0 Å². The summed E-state index contributed by atoms with van der Waals surface area (Å²) in [5.41, 5.74) is 2.42. The first-order chi connectivity index (χ1) is 18.4. The fourth-order valence-electron chi connectivity index (χ4n) is 5.72. The number of hydrogen-bond donors (Lipinski definition) is 2. The summed E-state index contributed by atoms with van der Waals surface area (Å²) in [7, 11) is 1.63. The predicted octanol–water partition coefficient (Wildman–Crippen LogP) is 5.40. The number of benzene rings is 2. The van der Waals surface area contributed by atoms with E-state index in [1.165, 1.54) is 0 Å². The molecule has 3 atom stereocenters. The Labute approximate surface area is 226 Å². The van der Waals surface area contributed by atoms with Gasteiger partial charge in [0, 0.05) is 29.3 Å². The number of methoxy groups -OCH3 is 1. The van der Waals surface area contributed by atoms with E-state index in [2.05, 4.69) is 10.6 Å². The third-order valence-corrected chi connectivity index (χ3v) is 8.17. The second-order valence-electron chi connectivity index (χ2n) is 10.6. The Morgan fingerprint density at radius 3 is 2.34 bits per heavy atom. The standard InChI is InChI=1S/C31H41N3O4/c1-4-21(2)29(35)33-28(22-13-6-5-7-14-22)31(37)34-20-12-18-26(34)30(36)32-25-17-10-8-15-23(25)24-16-9-11-19-27(24)38-3/h8-11,15-17,19,21-22,26,28H,4-7,12-14,18,20H2,1-3H3,(H,32,36)(H,33,35)/t21-,26+,28+/m1/s1. The molecule has 1 aliphatic heterocycles. The van der Waals surface area contributed by atoms with Crippen molar-refractivity contribution in [3.63, 3.8) is 0 Å². The maximum atomic E-state index is 13.9. The van der Waals surface area contributed by atoms with E-state index < -0.39 is 12.1 Å². The van der Waals surface area contributed by atoms with Crippen molar-refractivity contribution >= 4 is 23.4 Å². The van der Waals surface area contributed by atoms with Gasteiger partial charge in [-0.2, -0.15) is 0 Å². The molecule has 0 radical (unpaired) electrons. The molecule has 7 nitrogen and oxygen atoms in total. The van der Waals surface area contributed by atoms with Crippen LogP contribution in [0, 0.1) is 11.8 Å². The normalized spacial score (nSPS) is 19.4. The van der Waals surface area contributed by atoms with Crippen LogP contribution < -0.4 is 15.4 Å². The molecule has 0 spiro atoms. The molecule has 0 aromatic heterocycles. The molecule has 1 aliphatic carbocycles. The number of nitrogens with one attached hydrogen (secondary N) is 2.